The molecule has 0 radical (unpaired) electrons. The lowest BCUT2D eigenvalue weighted by Crippen LogP contribution is -2.04. The largest absolute Gasteiger partial charge is 0.493 e. The molecule has 0 bridgehead atoms. The summed E-state index contributed by atoms with van der Waals surface area (Å²) >= 11 is 0. The number of carbonyl (C=O) groups excluding carboxylic acids is 1. The first-order valence-corrected chi connectivity index (χ1v) is 10.2. The van der Waals surface area contributed by atoms with Crippen LogP contribution in [-0.4, -0.2) is 12.4 Å². The maximum absolute atomic E-state index is 11.8. The Morgan fingerprint density at radius 2 is 1.79 bits per heavy atom. The second kappa shape index (κ2) is 8.22. The molecular formula is C25H30O3. The Morgan fingerprint density at radius 3 is 2.39 bits per heavy atom. The van der Waals surface area contributed by atoms with Crippen molar-refractivity contribution in [3.05, 3.63) is 53.3 Å². The second-order valence-electron chi connectivity index (χ2n) is 8.04. The minimum atomic E-state index is -0.0663. The van der Waals surface area contributed by atoms with E-state index in [0.29, 0.717) is 24.2 Å². The van der Waals surface area contributed by atoms with E-state index in [1.54, 1.807) is 0 Å². The van der Waals surface area contributed by atoms with Crippen LogP contribution < -0.4 is 4.74 Å². The first-order valence-electron chi connectivity index (χ1n) is 10.2. The molecule has 0 amide bonds. The van der Waals surface area contributed by atoms with Crippen LogP contribution in [0.3, 0.4) is 0 Å². The molecule has 0 saturated heterocycles. The third-order valence-electron chi connectivity index (χ3n) is 5.06. The summed E-state index contributed by atoms with van der Waals surface area (Å²) in [7, 11) is 0. The molecule has 0 aliphatic heterocycles. The highest BCUT2D eigenvalue weighted by Gasteiger charge is 2.21. The summed E-state index contributed by atoms with van der Waals surface area (Å²) in [5.74, 6) is 1.99. The van der Waals surface area contributed by atoms with E-state index in [1.165, 1.54) is 18.1 Å². The van der Waals surface area contributed by atoms with E-state index in [4.69, 9.17) is 9.15 Å². The fourth-order valence-corrected chi connectivity index (χ4v) is 3.45. The summed E-state index contributed by atoms with van der Waals surface area (Å²) in [6.45, 7) is 13.1. The fraction of sp³-hybridized carbons (Fsp3) is 0.400. The Kier molecular flexibility index (Phi) is 5.93. The molecule has 0 aliphatic carbocycles. The van der Waals surface area contributed by atoms with E-state index in [9.17, 15) is 4.79 Å². The molecule has 1 aromatic heterocycles. The zero-order valence-corrected chi connectivity index (χ0v) is 17.8. The lowest BCUT2D eigenvalue weighted by molar-refractivity contribution is 0.0989. The van der Waals surface area contributed by atoms with E-state index in [0.717, 1.165) is 34.3 Å². The summed E-state index contributed by atoms with van der Waals surface area (Å²) in [5, 5.41) is 0.935. The minimum absolute atomic E-state index is 0.0663. The molecule has 28 heavy (non-hydrogen) atoms. The predicted molar refractivity (Wildman–Crippen MR) is 116 cm³/mol. The van der Waals surface area contributed by atoms with Gasteiger partial charge in [-0.05, 0) is 41.5 Å². The molecule has 1 heterocycles. The molecule has 0 unspecified atom stereocenters. The van der Waals surface area contributed by atoms with Crippen molar-refractivity contribution in [1.82, 2.24) is 0 Å². The maximum Gasteiger partial charge on any atom is 0.194 e. The summed E-state index contributed by atoms with van der Waals surface area (Å²) in [6, 6.07) is 12.4. The van der Waals surface area contributed by atoms with Gasteiger partial charge >= 0.3 is 0 Å². The molecule has 0 spiro atoms. The smallest absolute Gasteiger partial charge is 0.194 e. The van der Waals surface area contributed by atoms with Crippen LogP contribution in [0, 0.1) is 0 Å². The van der Waals surface area contributed by atoms with Gasteiger partial charge in [0.1, 0.15) is 11.3 Å². The Bertz CT molecular complexity index is 992. The molecule has 0 atom stereocenters. The molecule has 3 nitrogen and oxygen atoms in total. The Hall–Kier alpha value is -2.55. The number of Topliss-reactive ketones (excluding diaryl/α,β-unsaturated/α-hetero) is 1. The number of hydrogen-bond donors (Lipinski definition) is 0. The van der Waals surface area contributed by atoms with Crippen molar-refractivity contribution < 1.29 is 13.9 Å². The molecule has 3 rings (SSSR count). The average Bonchev–Trinajstić information content (AvgIpc) is 3.10. The predicted octanol–water partition coefficient (Wildman–Crippen LogP) is 7.34. The highest BCUT2D eigenvalue weighted by atomic mass is 16.5. The number of ether oxygens (including phenoxy) is 1. The van der Waals surface area contributed by atoms with E-state index >= 15 is 0 Å². The quantitative estimate of drug-likeness (QED) is 0.404. The highest BCUT2D eigenvalue weighted by molar-refractivity contribution is 6.00. The van der Waals surface area contributed by atoms with E-state index < -0.39 is 0 Å². The summed E-state index contributed by atoms with van der Waals surface area (Å²) in [6.07, 6.45) is 0.947. The van der Waals surface area contributed by atoms with E-state index in [2.05, 4.69) is 52.8 Å². The number of para-hydroxylation sites is 1. The SMILES string of the molecule is CCCOc1c(-c2cccc3cc(C(C)=O)oc23)cc(C(C)C)cc1C(C)C. The molecule has 2 aromatic carbocycles. The van der Waals surface area contributed by atoms with Crippen molar-refractivity contribution in [2.24, 2.45) is 0 Å². The lowest BCUT2D eigenvalue weighted by Gasteiger charge is -2.21. The lowest BCUT2D eigenvalue weighted by atomic mass is 9.89. The van der Waals surface area contributed by atoms with Crippen molar-refractivity contribution in [2.45, 2.75) is 59.8 Å². The normalized spacial score (nSPS) is 11.6. The number of furan rings is 1. The zero-order valence-electron chi connectivity index (χ0n) is 17.8. The van der Waals surface area contributed by atoms with Crippen molar-refractivity contribution in [3.8, 4) is 16.9 Å². The highest BCUT2D eigenvalue weighted by Crippen LogP contribution is 2.42. The number of fused-ring (bicyclic) bond motifs is 1. The number of benzene rings is 2. The fourth-order valence-electron chi connectivity index (χ4n) is 3.45. The first kappa shape index (κ1) is 20.2. The van der Waals surface area contributed by atoms with Gasteiger partial charge in [-0.25, -0.2) is 0 Å². The van der Waals surface area contributed by atoms with Gasteiger partial charge in [0, 0.05) is 23.4 Å². The van der Waals surface area contributed by atoms with Gasteiger partial charge in [-0.1, -0.05) is 58.9 Å². The number of hydrogen-bond acceptors (Lipinski definition) is 3. The summed E-state index contributed by atoms with van der Waals surface area (Å²) in [4.78, 5) is 11.8. The van der Waals surface area contributed by atoms with Crippen LogP contribution in [-0.2, 0) is 0 Å². The van der Waals surface area contributed by atoms with Gasteiger partial charge in [0.05, 0.1) is 6.61 Å². The Labute approximate surface area is 167 Å². The third-order valence-corrected chi connectivity index (χ3v) is 5.06. The van der Waals surface area contributed by atoms with Crippen LogP contribution in [0.2, 0.25) is 0 Å². The van der Waals surface area contributed by atoms with Crippen molar-refractivity contribution in [3.63, 3.8) is 0 Å². The van der Waals surface area contributed by atoms with Gasteiger partial charge in [-0.15, -0.1) is 0 Å². The van der Waals surface area contributed by atoms with Crippen LogP contribution in [0.15, 0.2) is 40.8 Å². The Balaban J connectivity index is 2.33. The van der Waals surface area contributed by atoms with Crippen molar-refractivity contribution in [1.29, 1.82) is 0 Å². The molecule has 3 aromatic rings. The zero-order chi connectivity index (χ0) is 20.4. The second-order valence-corrected chi connectivity index (χ2v) is 8.04. The molecule has 148 valence electrons. The van der Waals surface area contributed by atoms with Crippen molar-refractivity contribution >= 4 is 16.8 Å². The molecule has 0 saturated carbocycles. The molecule has 0 aliphatic rings. The van der Waals surface area contributed by atoms with Crippen LogP contribution in [0.5, 0.6) is 5.75 Å². The van der Waals surface area contributed by atoms with Crippen LogP contribution in [0.1, 0.15) is 81.5 Å². The standard InChI is InChI=1S/C25H30O3/c1-7-11-27-25-21(16(4)5)12-19(15(2)3)13-22(25)20-10-8-9-18-14-23(17(6)26)28-24(18)20/h8-10,12-16H,7,11H2,1-6H3. The summed E-state index contributed by atoms with van der Waals surface area (Å²) < 4.78 is 12.2. The van der Waals surface area contributed by atoms with Gasteiger partial charge < -0.3 is 9.15 Å². The number of carbonyl (C=O) groups is 1. The summed E-state index contributed by atoms with van der Waals surface area (Å²) in [5.41, 5.74) is 5.24. The monoisotopic (exact) mass is 378 g/mol. The first-order chi connectivity index (χ1) is 13.3. The van der Waals surface area contributed by atoms with Gasteiger partial charge in [-0.2, -0.15) is 0 Å². The molecular weight excluding hydrogens is 348 g/mol. The maximum atomic E-state index is 11.8. The average molecular weight is 379 g/mol. The van der Waals surface area contributed by atoms with Crippen molar-refractivity contribution in [2.75, 3.05) is 6.61 Å². The van der Waals surface area contributed by atoms with Gasteiger partial charge in [0.25, 0.3) is 0 Å². The van der Waals surface area contributed by atoms with E-state index in [1.807, 2.05) is 18.2 Å². The molecule has 3 heteroatoms. The molecule has 0 fully saturated rings. The van der Waals surface area contributed by atoms with E-state index in [-0.39, 0.29) is 5.78 Å². The third kappa shape index (κ3) is 3.84. The molecule has 0 N–H and O–H groups in total. The van der Waals surface area contributed by atoms with Crippen LogP contribution >= 0.6 is 0 Å². The Morgan fingerprint density at radius 1 is 1.04 bits per heavy atom. The van der Waals surface area contributed by atoms with Gasteiger partial charge in [0.2, 0.25) is 0 Å². The number of ketones is 1. The minimum Gasteiger partial charge on any atom is -0.493 e. The number of rotatable bonds is 7. The topological polar surface area (TPSA) is 39.4 Å². The van der Waals surface area contributed by atoms with Crippen LogP contribution in [0.4, 0.5) is 0 Å². The van der Waals surface area contributed by atoms with Gasteiger partial charge in [-0.3, -0.25) is 4.79 Å². The van der Waals surface area contributed by atoms with Crippen LogP contribution in [0.25, 0.3) is 22.1 Å². The van der Waals surface area contributed by atoms with Gasteiger partial charge in [0.15, 0.2) is 11.5 Å².